The summed E-state index contributed by atoms with van der Waals surface area (Å²) >= 11 is 5.87. The van der Waals surface area contributed by atoms with Gasteiger partial charge < -0.3 is 20.5 Å². The second kappa shape index (κ2) is 8.55. The van der Waals surface area contributed by atoms with Crippen LogP contribution in [0.25, 0.3) is 22.3 Å². The van der Waals surface area contributed by atoms with E-state index in [9.17, 15) is 9.90 Å². The summed E-state index contributed by atoms with van der Waals surface area (Å²) in [5.74, 6) is 1.35. The van der Waals surface area contributed by atoms with Crippen molar-refractivity contribution in [2.75, 3.05) is 18.8 Å². The first-order valence-electron chi connectivity index (χ1n) is 10.4. The quantitative estimate of drug-likeness (QED) is 0.457. The van der Waals surface area contributed by atoms with Crippen molar-refractivity contribution >= 4 is 34.5 Å². The molecule has 1 saturated heterocycles. The zero-order chi connectivity index (χ0) is 22.9. The highest BCUT2D eigenvalue weighted by molar-refractivity contribution is 6.30. The first-order valence-corrected chi connectivity index (χ1v) is 10.7. The number of nitrogens with two attached hydrogens (primary N) is 1. The number of carbonyl (C=O) groups is 1. The molecule has 0 aliphatic carbocycles. The Morgan fingerprint density at radius 1 is 1.15 bits per heavy atom. The van der Waals surface area contributed by atoms with Gasteiger partial charge in [0.05, 0.1) is 16.5 Å². The van der Waals surface area contributed by atoms with Gasteiger partial charge in [-0.15, -0.1) is 0 Å². The van der Waals surface area contributed by atoms with E-state index in [1.54, 1.807) is 16.8 Å². The van der Waals surface area contributed by atoms with Gasteiger partial charge in [-0.05, 0) is 43.2 Å². The van der Waals surface area contributed by atoms with E-state index in [0.717, 1.165) is 18.4 Å². The molecule has 4 heterocycles. The van der Waals surface area contributed by atoms with E-state index in [4.69, 9.17) is 27.2 Å². The van der Waals surface area contributed by atoms with Crippen LogP contribution in [0.5, 0.6) is 11.6 Å². The lowest BCUT2D eigenvalue weighted by Gasteiger charge is -2.30. The number of pyridine rings is 1. The Kier molecular flexibility index (Phi) is 5.43. The van der Waals surface area contributed by atoms with E-state index in [1.807, 2.05) is 24.3 Å². The van der Waals surface area contributed by atoms with Gasteiger partial charge in [0.25, 0.3) is 0 Å². The van der Waals surface area contributed by atoms with E-state index in [2.05, 4.69) is 15.0 Å². The number of halogens is 1. The summed E-state index contributed by atoms with van der Waals surface area (Å²) in [4.78, 5) is 25.6. The minimum atomic E-state index is -0.934. The van der Waals surface area contributed by atoms with Crippen molar-refractivity contribution in [2.45, 2.75) is 18.9 Å². The minimum absolute atomic E-state index is 0.140. The van der Waals surface area contributed by atoms with E-state index < -0.39 is 6.09 Å². The van der Waals surface area contributed by atoms with Gasteiger partial charge in [-0.1, -0.05) is 11.6 Å². The maximum atomic E-state index is 11.5. The lowest BCUT2D eigenvalue weighted by molar-refractivity contribution is 0.120. The van der Waals surface area contributed by atoms with Gasteiger partial charge >= 0.3 is 6.09 Å². The Hall–Kier alpha value is -3.92. The molecule has 4 aromatic rings. The molecule has 1 aliphatic rings. The minimum Gasteiger partial charge on any atom is -0.465 e. The fourth-order valence-electron chi connectivity index (χ4n) is 4.00. The molecule has 1 fully saturated rings. The number of benzene rings is 1. The zero-order valence-electron chi connectivity index (χ0n) is 17.4. The van der Waals surface area contributed by atoms with Crippen molar-refractivity contribution in [3.05, 3.63) is 53.9 Å². The van der Waals surface area contributed by atoms with Crippen LogP contribution >= 0.6 is 11.6 Å². The maximum Gasteiger partial charge on any atom is 0.407 e. The first kappa shape index (κ1) is 21.0. The van der Waals surface area contributed by atoms with E-state index in [1.165, 1.54) is 17.4 Å². The SMILES string of the molecule is Nc1ncnc2c1c(-c1ccc(Oc3ccc(Cl)cn3)cc1)nn2C1CCCN(C(=O)O)C1. The molecule has 10 nitrogen and oxygen atoms in total. The highest BCUT2D eigenvalue weighted by Gasteiger charge is 2.28. The number of nitrogens with zero attached hydrogens (tertiary/aromatic N) is 6. The number of nitrogen functional groups attached to an aromatic ring is 1. The molecule has 1 atom stereocenters. The smallest absolute Gasteiger partial charge is 0.407 e. The summed E-state index contributed by atoms with van der Waals surface area (Å²) in [7, 11) is 0. The molecule has 1 amide bonds. The molecule has 0 saturated carbocycles. The molecule has 3 aromatic heterocycles. The van der Waals surface area contributed by atoms with Gasteiger partial charge in [-0.3, -0.25) is 0 Å². The number of fused-ring (bicyclic) bond motifs is 1. The molecule has 3 N–H and O–H groups in total. The van der Waals surface area contributed by atoms with Gasteiger partial charge in [-0.2, -0.15) is 5.10 Å². The first-order chi connectivity index (χ1) is 16.0. The predicted molar refractivity (Wildman–Crippen MR) is 122 cm³/mol. The van der Waals surface area contributed by atoms with Gasteiger partial charge in [0.15, 0.2) is 5.65 Å². The van der Waals surface area contributed by atoms with Crippen LogP contribution in [0.15, 0.2) is 48.9 Å². The Morgan fingerprint density at radius 2 is 1.97 bits per heavy atom. The lowest BCUT2D eigenvalue weighted by Crippen LogP contribution is -2.40. The summed E-state index contributed by atoms with van der Waals surface area (Å²) in [5.41, 5.74) is 8.23. The fourth-order valence-corrected chi connectivity index (χ4v) is 4.12. The summed E-state index contributed by atoms with van der Waals surface area (Å²) in [6, 6.07) is 10.6. The van der Waals surface area contributed by atoms with Gasteiger partial charge in [0, 0.05) is 30.9 Å². The lowest BCUT2D eigenvalue weighted by atomic mass is 10.1. The Labute approximate surface area is 193 Å². The molecule has 5 rings (SSSR count). The third-order valence-corrected chi connectivity index (χ3v) is 5.81. The Bertz CT molecular complexity index is 1310. The van der Waals surface area contributed by atoms with Crippen LogP contribution in [-0.4, -0.2) is 53.9 Å². The Balaban J connectivity index is 1.49. The van der Waals surface area contributed by atoms with Crippen molar-refractivity contribution < 1.29 is 14.6 Å². The van der Waals surface area contributed by atoms with Crippen molar-refractivity contribution in [2.24, 2.45) is 0 Å². The average Bonchev–Trinajstić information content (AvgIpc) is 3.22. The van der Waals surface area contributed by atoms with Crippen LogP contribution in [0.1, 0.15) is 18.9 Å². The van der Waals surface area contributed by atoms with Crippen molar-refractivity contribution in [1.29, 1.82) is 0 Å². The Morgan fingerprint density at radius 3 is 2.70 bits per heavy atom. The summed E-state index contributed by atoms with van der Waals surface area (Å²) in [6.45, 7) is 0.856. The van der Waals surface area contributed by atoms with E-state index >= 15 is 0 Å². The van der Waals surface area contributed by atoms with E-state index in [-0.39, 0.29) is 6.04 Å². The monoisotopic (exact) mass is 465 g/mol. The van der Waals surface area contributed by atoms with Crippen LogP contribution in [0.4, 0.5) is 10.6 Å². The molecule has 0 bridgehead atoms. The van der Waals surface area contributed by atoms with Gasteiger partial charge in [0.1, 0.15) is 23.6 Å². The summed E-state index contributed by atoms with van der Waals surface area (Å²) in [6.07, 6.45) is 3.53. The molecular weight excluding hydrogens is 446 g/mol. The number of amides is 1. The zero-order valence-corrected chi connectivity index (χ0v) is 18.2. The highest BCUT2D eigenvalue weighted by atomic mass is 35.5. The number of hydrogen-bond donors (Lipinski definition) is 2. The van der Waals surface area contributed by atoms with Gasteiger partial charge in [-0.25, -0.2) is 24.4 Å². The van der Waals surface area contributed by atoms with Crippen molar-refractivity contribution in [1.82, 2.24) is 29.6 Å². The number of hydrogen-bond acceptors (Lipinski definition) is 7. The molecule has 168 valence electrons. The third kappa shape index (κ3) is 4.12. The largest absolute Gasteiger partial charge is 0.465 e. The molecule has 33 heavy (non-hydrogen) atoms. The molecular formula is C22H20ClN7O3. The van der Waals surface area contributed by atoms with Crippen LogP contribution < -0.4 is 10.5 Å². The van der Waals surface area contributed by atoms with Crippen LogP contribution in [0.2, 0.25) is 5.02 Å². The molecule has 1 aliphatic heterocycles. The maximum absolute atomic E-state index is 11.5. The second-order valence-electron chi connectivity index (χ2n) is 7.72. The number of carboxylic acid groups (broad SMARTS) is 1. The number of piperidine rings is 1. The van der Waals surface area contributed by atoms with E-state index in [0.29, 0.717) is 52.3 Å². The van der Waals surface area contributed by atoms with Crippen LogP contribution in [-0.2, 0) is 0 Å². The standard InChI is InChI=1S/C22H20ClN7O3/c23-14-5-8-17(25-10-14)33-16-6-3-13(4-7-16)19-18-20(24)26-12-27-21(18)30(28-19)15-2-1-9-29(11-15)22(31)32/h3-8,10,12,15H,1-2,9,11H2,(H,31,32)(H2,24,26,27). The molecule has 0 spiro atoms. The number of ether oxygens (including phenoxy) is 1. The van der Waals surface area contributed by atoms with Crippen LogP contribution in [0, 0.1) is 0 Å². The fraction of sp³-hybridized carbons (Fsp3) is 0.227. The molecule has 1 unspecified atom stereocenters. The number of rotatable bonds is 4. The number of likely N-dealkylation sites (tertiary alicyclic amines) is 1. The highest BCUT2D eigenvalue weighted by Crippen LogP contribution is 2.34. The average molecular weight is 466 g/mol. The summed E-state index contributed by atoms with van der Waals surface area (Å²) in [5, 5.41) is 15.4. The molecule has 0 radical (unpaired) electrons. The topological polar surface area (TPSA) is 132 Å². The summed E-state index contributed by atoms with van der Waals surface area (Å²) < 4.78 is 7.54. The number of anilines is 1. The molecule has 11 heteroatoms. The second-order valence-corrected chi connectivity index (χ2v) is 8.15. The van der Waals surface area contributed by atoms with Gasteiger partial charge in [0.2, 0.25) is 5.88 Å². The predicted octanol–water partition coefficient (Wildman–Crippen LogP) is 4.23. The van der Waals surface area contributed by atoms with Crippen LogP contribution in [0.3, 0.4) is 0 Å². The van der Waals surface area contributed by atoms with Crippen molar-refractivity contribution in [3.8, 4) is 22.9 Å². The normalized spacial score (nSPS) is 16.2. The van der Waals surface area contributed by atoms with Crippen molar-refractivity contribution in [3.63, 3.8) is 0 Å². The molecule has 1 aromatic carbocycles. The third-order valence-electron chi connectivity index (χ3n) is 5.58. The number of aromatic nitrogens is 5.